The van der Waals surface area contributed by atoms with E-state index in [0.717, 1.165) is 17.6 Å². The maximum atomic E-state index is 11.9. The van der Waals surface area contributed by atoms with Gasteiger partial charge < -0.3 is 4.74 Å². The first-order chi connectivity index (χ1) is 9.04. The fourth-order valence-electron chi connectivity index (χ4n) is 3.99. The molecule has 1 saturated heterocycles. The normalized spacial score (nSPS) is 40.7. The standard InChI is InChI=1S/C15H20O4/c1-7(2)9-4-5-10-12-11(18-15(10)16)6-8(3)14(19-17)13(9)12/h5-7,9,11-14,17H,4H2,1-3H3. The van der Waals surface area contributed by atoms with E-state index in [2.05, 4.69) is 13.8 Å². The fourth-order valence-corrected chi connectivity index (χ4v) is 3.99. The van der Waals surface area contributed by atoms with E-state index in [1.165, 1.54) is 0 Å². The van der Waals surface area contributed by atoms with E-state index in [9.17, 15) is 10.1 Å². The second kappa shape index (κ2) is 4.46. The van der Waals surface area contributed by atoms with Crippen molar-refractivity contribution < 1.29 is 19.7 Å². The molecule has 104 valence electrons. The Morgan fingerprint density at radius 3 is 2.84 bits per heavy atom. The van der Waals surface area contributed by atoms with Crippen LogP contribution in [0.2, 0.25) is 0 Å². The Hall–Kier alpha value is -1.13. The Morgan fingerprint density at radius 2 is 2.21 bits per heavy atom. The van der Waals surface area contributed by atoms with E-state index < -0.39 is 0 Å². The zero-order chi connectivity index (χ0) is 13.7. The summed E-state index contributed by atoms with van der Waals surface area (Å²) in [5, 5.41) is 9.27. The summed E-state index contributed by atoms with van der Waals surface area (Å²) in [5.74, 6) is 0.819. The largest absolute Gasteiger partial charge is 0.454 e. The molecule has 0 aromatic rings. The highest BCUT2D eigenvalue weighted by molar-refractivity contribution is 5.92. The molecule has 5 unspecified atom stereocenters. The SMILES string of the molecule is CC1=CC2OC(=O)C3=CCC(C(C)C)C(C1OO)C32. The van der Waals surface area contributed by atoms with Gasteiger partial charge >= 0.3 is 5.97 Å². The van der Waals surface area contributed by atoms with Crippen LogP contribution in [-0.2, 0) is 14.4 Å². The summed E-state index contributed by atoms with van der Waals surface area (Å²) < 4.78 is 5.45. The van der Waals surface area contributed by atoms with Crippen molar-refractivity contribution in [2.45, 2.75) is 39.4 Å². The molecule has 0 bridgehead atoms. The van der Waals surface area contributed by atoms with Gasteiger partial charge in [-0.15, -0.1) is 0 Å². The summed E-state index contributed by atoms with van der Waals surface area (Å²) in [7, 11) is 0. The third-order valence-electron chi connectivity index (χ3n) is 4.91. The second-order valence-electron chi connectivity index (χ2n) is 6.21. The van der Waals surface area contributed by atoms with Gasteiger partial charge in [-0.1, -0.05) is 19.9 Å². The highest BCUT2D eigenvalue weighted by Crippen LogP contribution is 2.51. The maximum absolute atomic E-state index is 11.9. The van der Waals surface area contributed by atoms with Crippen LogP contribution in [-0.4, -0.2) is 23.4 Å². The Balaban J connectivity index is 2.08. The molecule has 0 radical (unpaired) electrons. The molecule has 1 fully saturated rings. The molecule has 19 heavy (non-hydrogen) atoms. The lowest BCUT2D eigenvalue weighted by atomic mass is 9.61. The van der Waals surface area contributed by atoms with Gasteiger partial charge in [0.2, 0.25) is 0 Å². The Bertz CT molecular complexity index is 463. The van der Waals surface area contributed by atoms with Crippen LogP contribution in [0.15, 0.2) is 23.3 Å². The first-order valence-corrected chi connectivity index (χ1v) is 6.94. The molecule has 0 saturated carbocycles. The average molecular weight is 264 g/mol. The van der Waals surface area contributed by atoms with E-state index in [-0.39, 0.29) is 30.0 Å². The van der Waals surface area contributed by atoms with E-state index in [0.29, 0.717) is 11.8 Å². The highest BCUT2D eigenvalue weighted by atomic mass is 17.1. The molecular formula is C15H20O4. The number of hydrogen-bond donors (Lipinski definition) is 1. The van der Waals surface area contributed by atoms with Crippen LogP contribution in [0.25, 0.3) is 0 Å². The molecule has 1 aliphatic heterocycles. The number of carbonyl (C=O) groups is 1. The Kier molecular flexibility index (Phi) is 3.02. The topological polar surface area (TPSA) is 55.8 Å². The van der Waals surface area contributed by atoms with Crippen molar-refractivity contribution in [1.29, 1.82) is 0 Å². The molecule has 3 aliphatic rings. The van der Waals surface area contributed by atoms with Crippen LogP contribution in [0.1, 0.15) is 27.2 Å². The maximum Gasteiger partial charge on any atom is 0.334 e. The van der Waals surface area contributed by atoms with Crippen molar-refractivity contribution in [3.05, 3.63) is 23.3 Å². The first-order valence-electron chi connectivity index (χ1n) is 6.94. The van der Waals surface area contributed by atoms with Crippen molar-refractivity contribution in [2.75, 3.05) is 0 Å². The van der Waals surface area contributed by atoms with Crippen molar-refractivity contribution >= 4 is 5.97 Å². The molecule has 4 heteroatoms. The molecule has 1 N–H and O–H groups in total. The molecule has 5 atom stereocenters. The molecule has 0 aromatic carbocycles. The van der Waals surface area contributed by atoms with Crippen molar-refractivity contribution in [1.82, 2.24) is 0 Å². The monoisotopic (exact) mass is 264 g/mol. The first kappa shape index (κ1) is 12.9. The number of allylic oxidation sites excluding steroid dienone is 1. The van der Waals surface area contributed by atoms with Gasteiger partial charge in [0.15, 0.2) is 0 Å². The molecule has 4 nitrogen and oxygen atoms in total. The van der Waals surface area contributed by atoms with E-state index >= 15 is 0 Å². The van der Waals surface area contributed by atoms with Gasteiger partial charge in [0.25, 0.3) is 0 Å². The number of carbonyl (C=O) groups excluding carboxylic acids is 1. The highest BCUT2D eigenvalue weighted by Gasteiger charge is 2.54. The number of esters is 1. The lowest BCUT2D eigenvalue weighted by molar-refractivity contribution is -0.290. The van der Waals surface area contributed by atoms with Crippen LogP contribution in [0.5, 0.6) is 0 Å². The minimum atomic E-state index is -0.327. The molecule has 1 heterocycles. The predicted molar refractivity (Wildman–Crippen MR) is 69.1 cm³/mol. The quantitative estimate of drug-likeness (QED) is 0.360. The van der Waals surface area contributed by atoms with Crippen molar-refractivity contribution in [3.63, 3.8) is 0 Å². The van der Waals surface area contributed by atoms with Crippen LogP contribution < -0.4 is 0 Å². The minimum Gasteiger partial charge on any atom is -0.454 e. The Labute approximate surface area is 113 Å². The Morgan fingerprint density at radius 1 is 1.47 bits per heavy atom. The van der Waals surface area contributed by atoms with Crippen LogP contribution >= 0.6 is 0 Å². The van der Waals surface area contributed by atoms with Gasteiger partial charge in [-0.05, 0) is 36.8 Å². The third-order valence-corrected chi connectivity index (χ3v) is 4.91. The van der Waals surface area contributed by atoms with Crippen LogP contribution in [0.3, 0.4) is 0 Å². The summed E-state index contributed by atoms with van der Waals surface area (Å²) >= 11 is 0. The van der Waals surface area contributed by atoms with Gasteiger partial charge in [-0.25, -0.2) is 9.68 Å². The fraction of sp³-hybridized carbons (Fsp3) is 0.667. The predicted octanol–water partition coefficient (Wildman–Crippen LogP) is 2.56. The van der Waals surface area contributed by atoms with Gasteiger partial charge in [0.1, 0.15) is 12.2 Å². The molecular weight excluding hydrogens is 244 g/mol. The summed E-state index contributed by atoms with van der Waals surface area (Å²) in [6, 6.07) is 0. The number of rotatable bonds is 2. The van der Waals surface area contributed by atoms with Gasteiger partial charge in [-0.2, -0.15) is 0 Å². The van der Waals surface area contributed by atoms with E-state index in [1.807, 2.05) is 19.1 Å². The number of ether oxygens (including phenoxy) is 1. The van der Waals surface area contributed by atoms with Gasteiger partial charge in [-0.3, -0.25) is 5.26 Å². The molecule has 0 amide bonds. The summed E-state index contributed by atoms with van der Waals surface area (Å²) in [6.45, 7) is 6.29. The average Bonchev–Trinajstić information content (AvgIpc) is 2.67. The molecule has 2 aliphatic carbocycles. The summed E-state index contributed by atoms with van der Waals surface area (Å²) in [4.78, 5) is 16.7. The zero-order valence-electron chi connectivity index (χ0n) is 11.5. The third kappa shape index (κ3) is 1.77. The minimum absolute atomic E-state index is 0.0366. The van der Waals surface area contributed by atoms with E-state index in [1.54, 1.807) is 0 Å². The summed E-state index contributed by atoms with van der Waals surface area (Å²) in [5.41, 5.74) is 1.73. The van der Waals surface area contributed by atoms with Gasteiger partial charge in [0.05, 0.1) is 0 Å². The zero-order valence-corrected chi connectivity index (χ0v) is 11.5. The van der Waals surface area contributed by atoms with Crippen molar-refractivity contribution in [2.24, 2.45) is 23.7 Å². The molecule has 0 spiro atoms. The van der Waals surface area contributed by atoms with Crippen LogP contribution in [0, 0.1) is 23.7 Å². The lowest BCUT2D eigenvalue weighted by Gasteiger charge is -2.44. The van der Waals surface area contributed by atoms with E-state index in [4.69, 9.17) is 9.62 Å². The van der Waals surface area contributed by atoms with Crippen molar-refractivity contribution in [3.8, 4) is 0 Å². The molecule has 0 aromatic heterocycles. The summed E-state index contributed by atoms with van der Waals surface area (Å²) in [6.07, 6.45) is 4.28. The number of hydrogen-bond acceptors (Lipinski definition) is 4. The van der Waals surface area contributed by atoms with Gasteiger partial charge in [0, 0.05) is 17.4 Å². The lowest BCUT2D eigenvalue weighted by Crippen LogP contribution is -2.46. The second-order valence-corrected chi connectivity index (χ2v) is 6.21. The molecule has 3 rings (SSSR count). The smallest absolute Gasteiger partial charge is 0.334 e. The van der Waals surface area contributed by atoms with Crippen LogP contribution in [0.4, 0.5) is 0 Å².